The van der Waals surface area contributed by atoms with Gasteiger partial charge in [-0.2, -0.15) is 9.61 Å². The Labute approximate surface area is 124 Å². The first-order valence-electron chi connectivity index (χ1n) is 6.24. The summed E-state index contributed by atoms with van der Waals surface area (Å²) in [4.78, 5) is 13.4. The van der Waals surface area contributed by atoms with Crippen LogP contribution in [0.2, 0.25) is 5.02 Å². The topological polar surface area (TPSA) is 92.3 Å². The Bertz CT molecular complexity index is 855. The number of hydrogen-bond donors (Lipinski definition) is 2. The van der Waals surface area contributed by atoms with Crippen LogP contribution >= 0.6 is 11.6 Å². The summed E-state index contributed by atoms with van der Waals surface area (Å²) in [6.07, 6.45) is 0. The first-order valence-corrected chi connectivity index (χ1v) is 6.62. The van der Waals surface area contributed by atoms with E-state index >= 15 is 0 Å². The Morgan fingerprint density at radius 3 is 3.00 bits per heavy atom. The standard InChI is InChI=1S/C13H13ClN6O/c1-19(7-8-6-9(15)2-3-10(8)14)12-5-4-11-16-17-13(21)20(11)18-12/h2-6H,7,15H2,1H3,(H,17,21). The molecule has 0 fully saturated rings. The van der Waals surface area contributed by atoms with Crippen molar-refractivity contribution in [3.63, 3.8) is 0 Å². The molecule has 0 unspecified atom stereocenters. The number of benzene rings is 1. The van der Waals surface area contributed by atoms with Gasteiger partial charge in [0.2, 0.25) is 0 Å². The lowest BCUT2D eigenvalue weighted by atomic mass is 10.2. The number of H-pyrrole nitrogens is 1. The van der Waals surface area contributed by atoms with Gasteiger partial charge in [0.25, 0.3) is 0 Å². The first-order chi connectivity index (χ1) is 10.0. The zero-order chi connectivity index (χ0) is 15.0. The molecule has 0 aliphatic rings. The molecule has 0 amide bonds. The van der Waals surface area contributed by atoms with E-state index in [0.717, 1.165) is 5.56 Å². The summed E-state index contributed by atoms with van der Waals surface area (Å²) in [7, 11) is 1.86. The van der Waals surface area contributed by atoms with Gasteiger partial charge in [0.05, 0.1) is 0 Å². The third-order valence-electron chi connectivity index (χ3n) is 3.13. The number of halogens is 1. The largest absolute Gasteiger partial charge is 0.399 e. The van der Waals surface area contributed by atoms with Crippen LogP contribution in [0.25, 0.3) is 5.65 Å². The highest BCUT2D eigenvalue weighted by Crippen LogP contribution is 2.22. The Hall–Kier alpha value is -2.54. The summed E-state index contributed by atoms with van der Waals surface area (Å²) in [5.74, 6) is 0.629. The number of nitrogens with two attached hydrogens (primary N) is 1. The van der Waals surface area contributed by atoms with Gasteiger partial charge >= 0.3 is 5.69 Å². The highest BCUT2D eigenvalue weighted by atomic mass is 35.5. The Balaban J connectivity index is 1.92. The molecule has 3 aromatic rings. The van der Waals surface area contributed by atoms with E-state index in [2.05, 4.69) is 15.3 Å². The molecule has 1 aromatic carbocycles. The van der Waals surface area contributed by atoms with Crippen molar-refractivity contribution < 1.29 is 0 Å². The molecule has 0 aliphatic carbocycles. The average Bonchev–Trinajstić information content (AvgIpc) is 2.84. The second kappa shape index (κ2) is 5.10. The summed E-state index contributed by atoms with van der Waals surface area (Å²) in [6.45, 7) is 0.523. The SMILES string of the molecule is CN(Cc1cc(N)ccc1Cl)c1ccc2n[nH]c(=O)n2n1. The molecule has 0 spiro atoms. The molecule has 21 heavy (non-hydrogen) atoms. The van der Waals surface area contributed by atoms with Crippen molar-refractivity contribution in [2.45, 2.75) is 6.54 Å². The van der Waals surface area contributed by atoms with Crippen LogP contribution in [0.3, 0.4) is 0 Å². The number of nitrogen functional groups attached to an aromatic ring is 1. The second-order valence-corrected chi connectivity index (χ2v) is 5.10. The van der Waals surface area contributed by atoms with Gasteiger partial charge in [0.1, 0.15) is 5.82 Å². The zero-order valence-corrected chi connectivity index (χ0v) is 12.0. The van der Waals surface area contributed by atoms with Crippen LogP contribution in [0.4, 0.5) is 11.5 Å². The predicted octanol–water partition coefficient (Wildman–Crippen LogP) is 1.29. The van der Waals surface area contributed by atoms with Crippen LogP contribution in [0, 0.1) is 0 Å². The third-order valence-corrected chi connectivity index (χ3v) is 3.50. The van der Waals surface area contributed by atoms with Crippen LogP contribution in [-0.2, 0) is 6.54 Å². The van der Waals surface area contributed by atoms with E-state index in [-0.39, 0.29) is 5.69 Å². The number of anilines is 2. The molecule has 8 heteroatoms. The molecule has 7 nitrogen and oxygen atoms in total. The Kier molecular flexibility index (Phi) is 3.26. The number of nitrogens with zero attached hydrogens (tertiary/aromatic N) is 4. The maximum Gasteiger partial charge on any atom is 0.364 e. The monoisotopic (exact) mass is 304 g/mol. The molecule has 3 N–H and O–H groups in total. The molecule has 0 atom stereocenters. The van der Waals surface area contributed by atoms with Crippen molar-refractivity contribution >= 4 is 28.8 Å². The molecule has 3 rings (SSSR count). The van der Waals surface area contributed by atoms with Gasteiger partial charge in [-0.15, -0.1) is 5.10 Å². The van der Waals surface area contributed by atoms with Gasteiger partial charge in [0.15, 0.2) is 5.65 Å². The number of aromatic amines is 1. The molecule has 0 aliphatic heterocycles. The third kappa shape index (κ3) is 2.55. The van der Waals surface area contributed by atoms with Gasteiger partial charge in [-0.05, 0) is 35.9 Å². The van der Waals surface area contributed by atoms with Crippen LogP contribution in [0.5, 0.6) is 0 Å². The molecule has 0 bridgehead atoms. The van der Waals surface area contributed by atoms with Gasteiger partial charge in [-0.25, -0.2) is 9.89 Å². The second-order valence-electron chi connectivity index (χ2n) is 4.70. The summed E-state index contributed by atoms with van der Waals surface area (Å²) >= 11 is 6.16. The first kappa shape index (κ1) is 13.4. The van der Waals surface area contributed by atoms with Gasteiger partial charge < -0.3 is 10.6 Å². The van der Waals surface area contributed by atoms with Crippen molar-refractivity contribution in [1.29, 1.82) is 0 Å². The summed E-state index contributed by atoms with van der Waals surface area (Å²) in [5, 5.41) is 11.1. The molecule has 0 radical (unpaired) electrons. The summed E-state index contributed by atoms with van der Waals surface area (Å²) in [6, 6.07) is 8.84. The molecular weight excluding hydrogens is 292 g/mol. The van der Waals surface area contributed by atoms with Crippen LogP contribution in [0.15, 0.2) is 35.1 Å². The van der Waals surface area contributed by atoms with Crippen molar-refractivity contribution in [2.75, 3.05) is 17.7 Å². The molecule has 0 saturated carbocycles. The van der Waals surface area contributed by atoms with Crippen molar-refractivity contribution in [3.8, 4) is 0 Å². The van der Waals surface area contributed by atoms with E-state index < -0.39 is 0 Å². The van der Waals surface area contributed by atoms with Crippen molar-refractivity contribution in [3.05, 3.63) is 51.4 Å². The Morgan fingerprint density at radius 2 is 2.19 bits per heavy atom. The molecular formula is C13H13ClN6O. The smallest absolute Gasteiger partial charge is 0.364 e. The van der Waals surface area contributed by atoms with E-state index in [1.54, 1.807) is 24.3 Å². The van der Waals surface area contributed by atoms with Crippen molar-refractivity contribution in [2.24, 2.45) is 0 Å². The van der Waals surface area contributed by atoms with Gasteiger partial charge in [-0.3, -0.25) is 0 Å². The van der Waals surface area contributed by atoms with Gasteiger partial charge in [0, 0.05) is 24.3 Å². The van der Waals surface area contributed by atoms with Crippen molar-refractivity contribution in [1.82, 2.24) is 19.8 Å². The highest BCUT2D eigenvalue weighted by Gasteiger charge is 2.09. The highest BCUT2D eigenvalue weighted by molar-refractivity contribution is 6.31. The number of hydrogen-bond acceptors (Lipinski definition) is 5. The molecule has 2 aromatic heterocycles. The van der Waals surface area contributed by atoms with E-state index in [1.807, 2.05) is 18.0 Å². The minimum atomic E-state index is -0.373. The minimum Gasteiger partial charge on any atom is -0.399 e. The van der Waals surface area contributed by atoms with Crippen LogP contribution in [-0.4, -0.2) is 26.9 Å². The summed E-state index contributed by atoms with van der Waals surface area (Å²) < 4.78 is 1.22. The van der Waals surface area contributed by atoms with E-state index in [9.17, 15) is 4.79 Å². The molecule has 2 heterocycles. The van der Waals surface area contributed by atoms with Gasteiger partial charge in [-0.1, -0.05) is 11.6 Å². The molecule has 108 valence electrons. The summed E-state index contributed by atoms with van der Waals surface area (Å²) in [5.41, 5.74) is 7.41. The average molecular weight is 305 g/mol. The van der Waals surface area contributed by atoms with E-state index in [1.165, 1.54) is 4.52 Å². The fraction of sp³-hybridized carbons (Fsp3) is 0.154. The number of rotatable bonds is 3. The lowest BCUT2D eigenvalue weighted by Crippen LogP contribution is -2.21. The predicted molar refractivity (Wildman–Crippen MR) is 81.6 cm³/mol. The maximum atomic E-state index is 11.5. The number of nitrogens with one attached hydrogen (secondary N) is 1. The normalized spacial score (nSPS) is 11.0. The molecule has 0 saturated heterocycles. The number of fused-ring (bicyclic) bond motifs is 1. The van der Waals surface area contributed by atoms with E-state index in [4.69, 9.17) is 17.3 Å². The fourth-order valence-corrected chi connectivity index (χ4v) is 2.23. The van der Waals surface area contributed by atoms with Crippen LogP contribution < -0.4 is 16.3 Å². The Morgan fingerprint density at radius 1 is 1.38 bits per heavy atom. The zero-order valence-electron chi connectivity index (χ0n) is 11.2. The fourth-order valence-electron chi connectivity index (χ4n) is 2.05. The quantitative estimate of drug-likeness (QED) is 0.711. The van der Waals surface area contributed by atoms with E-state index in [0.29, 0.717) is 28.7 Å². The minimum absolute atomic E-state index is 0.373. The lowest BCUT2D eigenvalue weighted by molar-refractivity contribution is 0.820. The van der Waals surface area contributed by atoms with Crippen LogP contribution in [0.1, 0.15) is 5.56 Å². The number of aromatic nitrogens is 4. The maximum absolute atomic E-state index is 11.5. The lowest BCUT2D eigenvalue weighted by Gasteiger charge is -2.18.